The van der Waals surface area contributed by atoms with E-state index in [1.54, 1.807) is 6.33 Å². The van der Waals surface area contributed by atoms with Crippen LogP contribution in [-0.4, -0.2) is 44.9 Å². The van der Waals surface area contributed by atoms with Gasteiger partial charge in [0.25, 0.3) is 0 Å². The molecule has 0 bridgehead atoms. The number of aromatic nitrogens is 2. The summed E-state index contributed by atoms with van der Waals surface area (Å²) in [7, 11) is 0. The Morgan fingerprint density at radius 1 is 1.00 bits per heavy atom. The summed E-state index contributed by atoms with van der Waals surface area (Å²) in [6.07, 6.45) is 9.17. The summed E-state index contributed by atoms with van der Waals surface area (Å²) in [5.74, 6) is 0. The zero-order valence-electron chi connectivity index (χ0n) is 19.5. The predicted octanol–water partition coefficient (Wildman–Crippen LogP) is 5.78. The molecular weight excluding hydrogens is 469 g/mol. The Kier molecular flexibility index (Phi) is 9.23. The first-order valence-corrected chi connectivity index (χ1v) is 19.1. The van der Waals surface area contributed by atoms with Gasteiger partial charge in [0, 0.05) is 0 Å². The standard InChI is InChI=1S/C11H14N3O2.3C4H9.Sn/c1-11(2,3)16-10(15)14-5-8-4-12-7-13-9(8)6-14;3*1-3-4-2;/h7H,5-6H2,1-3H3;3*1,3-4H2,2H3;. The summed E-state index contributed by atoms with van der Waals surface area (Å²) in [6.45, 7) is 13.8. The maximum absolute atomic E-state index is 12.7. The van der Waals surface area contributed by atoms with Crippen LogP contribution in [0.3, 0.4) is 0 Å². The van der Waals surface area contributed by atoms with E-state index in [4.69, 9.17) is 9.72 Å². The van der Waals surface area contributed by atoms with Crippen molar-refractivity contribution >= 4 is 28.2 Å². The summed E-state index contributed by atoms with van der Waals surface area (Å²) in [5, 5.41) is 0. The molecule has 164 valence electrons. The molecule has 1 aliphatic heterocycles. The minimum atomic E-state index is -2.67. The van der Waals surface area contributed by atoms with Crippen LogP contribution in [0.15, 0.2) is 6.33 Å². The summed E-state index contributed by atoms with van der Waals surface area (Å²) in [5.41, 5.74) is 1.83. The van der Waals surface area contributed by atoms with Crippen LogP contribution in [0.4, 0.5) is 4.79 Å². The van der Waals surface area contributed by atoms with Gasteiger partial charge in [0.1, 0.15) is 0 Å². The number of hydrogen-bond donors (Lipinski definition) is 0. The van der Waals surface area contributed by atoms with Crippen molar-refractivity contribution in [1.82, 2.24) is 14.9 Å². The molecule has 2 heterocycles. The molecule has 0 saturated heterocycles. The van der Waals surface area contributed by atoms with Crippen molar-refractivity contribution in [3.05, 3.63) is 17.6 Å². The summed E-state index contributed by atoms with van der Waals surface area (Å²) < 4.78 is 11.2. The van der Waals surface area contributed by atoms with Crippen molar-refractivity contribution in [3.8, 4) is 0 Å². The molecule has 2 rings (SSSR count). The van der Waals surface area contributed by atoms with E-state index in [-0.39, 0.29) is 6.09 Å². The number of amides is 1. The molecule has 1 aliphatic rings. The van der Waals surface area contributed by atoms with Crippen LogP contribution < -0.4 is 3.71 Å². The first-order valence-electron chi connectivity index (χ1n) is 11.6. The van der Waals surface area contributed by atoms with Gasteiger partial charge in [0.2, 0.25) is 0 Å². The molecule has 1 aromatic rings. The van der Waals surface area contributed by atoms with Gasteiger partial charge in [0.15, 0.2) is 0 Å². The van der Waals surface area contributed by atoms with Gasteiger partial charge < -0.3 is 0 Å². The molecule has 5 nitrogen and oxygen atoms in total. The fourth-order valence-electron chi connectivity index (χ4n) is 4.37. The number of nitrogens with zero attached hydrogens (tertiary/aromatic N) is 3. The second-order valence-electron chi connectivity index (χ2n) is 9.57. The molecule has 0 aromatic carbocycles. The van der Waals surface area contributed by atoms with E-state index in [2.05, 4.69) is 25.8 Å². The number of rotatable bonds is 10. The average Bonchev–Trinajstić information content (AvgIpc) is 3.11. The molecule has 0 spiro atoms. The van der Waals surface area contributed by atoms with Crippen LogP contribution in [0.5, 0.6) is 0 Å². The van der Waals surface area contributed by atoms with E-state index in [0.29, 0.717) is 13.1 Å². The molecular formula is C23H41N3O2Sn. The van der Waals surface area contributed by atoms with Gasteiger partial charge >= 0.3 is 182 Å². The second kappa shape index (κ2) is 11.0. The zero-order valence-corrected chi connectivity index (χ0v) is 22.4. The van der Waals surface area contributed by atoms with Gasteiger partial charge in [-0.2, -0.15) is 0 Å². The average molecular weight is 510 g/mol. The summed E-state index contributed by atoms with van der Waals surface area (Å²) in [6, 6.07) is 0. The second-order valence-corrected chi connectivity index (χ2v) is 22.5. The molecule has 0 saturated carbocycles. The van der Waals surface area contributed by atoms with Crippen LogP contribution in [-0.2, 0) is 17.8 Å². The van der Waals surface area contributed by atoms with Gasteiger partial charge in [-0.1, -0.05) is 0 Å². The zero-order chi connectivity index (χ0) is 21.5. The quantitative estimate of drug-likeness (QED) is 0.375. The molecule has 0 aliphatic carbocycles. The SMILES string of the molecule is CCC[CH2][Sn]([CH2]CCC)([CH2]CCC)[c]1ncnc2c1CN(C(=O)OC(C)(C)C)C2. The van der Waals surface area contributed by atoms with Crippen molar-refractivity contribution in [3.63, 3.8) is 0 Å². The number of carbonyl (C=O) groups excluding carboxylic acids is 1. The van der Waals surface area contributed by atoms with Crippen LogP contribution in [0.25, 0.3) is 0 Å². The number of hydrogen-bond acceptors (Lipinski definition) is 4. The Balaban J connectivity index is 2.37. The summed E-state index contributed by atoms with van der Waals surface area (Å²) >= 11 is -2.67. The molecule has 0 radical (unpaired) electrons. The first-order chi connectivity index (χ1) is 13.8. The van der Waals surface area contributed by atoms with Gasteiger partial charge in [-0.25, -0.2) is 0 Å². The van der Waals surface area contributed by atoms with Crippen molar-refractivity contribution in [2.75, 3.05) is 0 Å². The number of carbonyl (C=O) groups is 1. The van der Waals surface area contributed by atoms with Crippen LogP contribution >= 0.6 is 0 Å². The minimum absolute atomic E-state index is 0.238. The third-order valence-electron chi connectivity index (χ3n) is 5.90. The molecule has 29 heavy (non-hydrogen) atoms. The third-order valence-corrected chi connectivity index (χ3v) is 21.2. The molecule has 1 aromatic heterocycles. The van der Waals surface area contributed by atoms with Gasteiger partial charge in [-0.15, -0.1) is 0 Å². The van der Waals surface area contributed by atoms with E-state index in [1.165, 1.54) is 61.1 Å². The van der Waals surface area contributed by atoms with Crippen molar-refractivity contribution in [2.45, 2.75) is 112 Å². The predicted molar refractivity (Wildman–Crippen MR) is 122 cm³/mol. The Morgan fingerprint density at radius 3 is 2.03 bits per heavy atom. The maximum atomic E-state index is 12.7. The Labute approximate surface area is 181 Å². The Hall–Kier alpha value is -0.851. The monoisotopic (exact) mass is 511 g/mol. The van der Waals surface area contributed by atoms with Gasteiger partial charge in [-0.3, -0.25) is 0 Å². The third kappa shape index (κ3) is 6.56. The van der Waals surface area contributed by atoms with Crippen molar-refractivity contribution in [2.24, 2.45) is 0 Å². The molecule has 1 amide bonds. The molecule has 0 atom stereocenters. The number of fused-ring (bicyclic) bond motifs is 1. The molecule has 0 fully saturated rings. The summed E-state index contributed by atoms with van der Waals surface area (Å²) in [4.78, 5) is 24.0. The first kappa shape index (κ1) is 24.4. The number of unbranched alkanes of at least 4 members (excludes halogenated alkanes) is 3. The van der Waals surface area contributed by atoms with Crippen LogP contribution in [0, 0.1) is 0 Å². The van der Waals surface area contributed by atoms with Crippen LogP contribution in [0.2, 0.25) is 13.3 Å². The van der Waals surface area contributed by atoms with Gasteiger partial charge in [-0.05, 0) is 0 Å². The topological polar surface area (TPSA) is 55.3 Å². The molecule has 0 N–H and O–H groups in total. The van der Waals surface area contributed by atoms with E-state index in [9.17, 15) is 4.79 Å². The van der Waals surface area contributed by atoms with Crippen molar-refractivity contribution < 1.29 is 9.53 Å². The Morgan fingerprint density at radius 2 is 1.55 bits per heavy atom. The van der Waals surface area contributed by atoms with Crippen LogP contribution in [0.1, 0.15) is 91.3 Å². The van der Waals surface area contributed by atoms with Crippen molar-refractivity contribution in [1.29, 1.82) is 0 Å². The molecule has 6 heteroatoms. The fraction of sp³-hybridized carbons (Fsp3) is 0.783. The van der Waals surface area contributed by atoms with E-state index < -0.39 is 24.0 Å². The fourth-order valence-corrected chi connectivity index (χ4v) is 20.8. The molecule has 0 unspecified atom stereocenters. The van der Waals surface area contributed by atoms with E-state index >= 15 is 0 Å². The Bertz CT molecular complexity index is 651. The normalized spacial score (nSPS) is 14.2. The van der Waals surface area contributed by atoms with E-state index in [0.717, 1.165) is 5.69 Å². The van der Waals surface area contributed by atoms with E-state index in [1.807, 2.05) is 25.7 Å². The van der Waals surface area contributed by atoms with Gasteiger partial charge in [0.05, 0.1) is 0 Å². The number of ether oxygens (including phenoxy) is 1.